The van der Waals surface area contributed by atoms with Crippen LogP contribution in [0.4, 0.5) is 10.5 Å². The molecule has 14 heteroatoms. The van der Waals surface area contributed by atoms with Gasteiger partial charge in [-0.1, -0.05) is 12.2 Å². The molecular weight excluding hydrogens is 590 g/mol. The van der Waals surface area contributed by atoms with Crippen LogP contribution in [-0.4, -0.2) is 100 Å². The van der Waals surface area contributed by atoms with Gasteiger partial charge >= 0.3 is 12.1 Å². The predicted molar refractivity (Wildman–Crippen MR) is 160 cm³/mol. The normalized spacial score (nSPS) is 17.3. The quantitative estimate of drug-likeness (QED) is 0.131. The van der Waals surface area contributed by atoms with Gasteiger partial charge in [0.1, 0.15) is 6.10 Å². The van der Waals surface area contributed by atoms with Crippen molar-refractivity contribution in [3.8, 4) is 0 Å². The molecule has 1 saturated heterocycles. The number of amides is 4. The van der Waals surface area contributed by atoms with E-state index in [0.29, 0.717) is 62.5 Å². The number of ether oxygens (including phenoxy) is 5. The van der Waals surface area contributed by atoms with Gasteiger partial charge in [0.15, 0.2) is 0 Å². The molecule has 0 bridgehead atoms. The topological polar surface area (TPSA) is 168 Å². The lowest BCUT2D eigenvalue weighted by molar-refractivity contribution is -0.198. The average Bonchev–Trinajstić information content (AvgIpc) is 3.32. The molecular formula is C31H43N3O11. The molecule has 0 aromatic heterocycles. The van der Waals surface area contributed by atoms with Crippen molar-refractivity contribution in [1.29, 1.82) is 0 Å². The Balaban J connectivity index is 1.10. The van der Waals surface area contributed by atoms with Crippen LogP contribution in [0.2, 0.25) is 0 Å². The second kappa shape index (κ2) is 21.0. The van der Waals surface area contributed by atoms with Crippen molar-refractivity contribution < 1.29 is 52.5 Å². The van der Waals surface area contributed by atoms with Crippen LogP contribution < -0.4 is 10.6 Å². The standard InChI is InChI=1S/C31H43N3O11/c35-27-12-13-28(36)34(27)45-29(37)14-16-40-18-20-42-22-23-43-21-19-41-17-15-32-30(38)24-8-10-25(11-9-24)33-31(39)44-26-6-4-2-1-3-5-7-26/h1-2,8-11,26H,3-7,12-23H2,(H,32,38)(H,33,39)/b2-1-. The average molecular weight is 634 g/mol. The smallest absolute Gasteiger partial charge is 0.411 e. The Kier molecular flexibility index (Phi) is 16.6. The summed E-state index contributed by atoms with van der Waals surface area (Å²) in [5.74, 6) is -2.00. The molecule has 1 aromatic carbocycles. The summed E-state index contributed by atoms with van der Waals surface area (Å²) in [6.45, 7) is 2.75. The van der Waals surface area contributed by atoms with Crippen molar-refractivity contribution in [3.05, 3.63) is 42.0 Å². The van der Waals surface area contributed by atoms with Crippen molar-refractivity contribution in [2.75, 3.05) is 64.7 Å². The third-order valence-corrected chi connectivity index (χ3v) is 6.68. The van der Waals surface area contributed by atoms with E-state index in [4.69, 9.17) is 28.5 Å². The lowest BCUT2D eigenvalue weighted by atomic mass is 10.0. The number of anilines is 1. The van der Waals surface area contributed by atoms with E-state index in [9.17, 15) is 24.0 Å². The van der Waals surface area contributed by atoms with Crippen LogP contribution in [0.3, 0.4) is 0 Å². The highest BCUT2D eigenvalue weighted by molar-refractivity contribution is 6.01. The van der Waals surface area contributed by atoms with Crippen LogP contribution in [0.15, 0.2) is 36.4 Å². The Hall–Kier alpha value is -3.85. The van der Waals surface area contributed by atoms with Gasteiger partial charge in [-0.15, -0.1) is 5.06 Å². The van der Waals surface area contributed by atoms with E-state index in [1.54, 1.807) is 24.3 Å². The molecule has 1 heterocycles. The number of hydrogen-bond acceptors (Lipinski definition) is 11. The maximum absolute atomic E-state index is 12.4. The van der Waals surface area contributed by atoms with Crippen LogP contribution in [0, 0.1) is 0 Å². The number of imide groups is 1. The molecule has 45 heavy (non-hydrogen) atoms. The Labute approximate surface area is 262 Å². The minimum atomic E-state index is -0.713. The lowest BCUT2D eigenvalue weighted by Gasteiger charge is -2.18. The second-order valence-corrected chi connectivity index (χ2v) is 10.2. The molecule has 0 radical (unpaired) electrons. The molecule has 0 spiro atoms. The number of hydroxylamine groups is 2. The molecule has 1 aliphatic heterocycles. The number of allylic oxidation sites excluding steroid dienone is 2. The minimum Gasteiger partial charge on any atom is -0.446 e. The SMILES string of the molecule is O=C(CCOCCOCCOCCOCCNC(=O)c1ccc(NC(=O)OC2CC/C=C\CCC2)cc1)ON1C(=O)CCC1=O. The van der Waals surface area contributed by atoms with Crippen LogP contribution in [0.25, 0.3) is 0 Å². The first-order valence-electron chi connectivity index (χ1n) is 15.3. The van der Waals surface area contributed by atoms with Crippen molar-refractivity contribution in [1.82, 2.24) is 10.4 Å². The first-order valence-corrected chi connectivity index (χ1v) is 15.3. The molecule has 1 fully saturated rings. The van der Waals surface area contributed by atoms with Gasteiger partial charge in [-0.05, 0) is 56.4 Å². The first kappa shape index (κ1) is 35.6. The Morgan fingerprint density at radius 1 is 0.756 bits per heavy atom. The van der Waals surface area contributed by atoms with Crippen LogP contribution in [0.1, 0.15) is 61.7 Å². The maximum Gasteiger partial charge on any atom is 0.411 e. The fraction of sp³-hybridized carbons (Fsp3) is 0.581. The van der Waals surface area contributed by atoms with E-state index in [2.05, 4.69) is 22.8 Å². The number of hydrogen-bond donors (Lipinski definition) is 2. The van der Waals surface area contributed by atoms with E-state index in [0.717, 1.165) is 32.1 Å². The molecule has 1 aliphatic carbocycles. The summed E-state index contributed by atoms with van der Waals surface area (Å²) in [6.07, 6.45) is 8.28. The molecule has 1 unspecified atom stereocenters. The summed E-state index contributed by atoms with van der Waals surface area (Å²) < 4.78 is 27.1. The number of nitrogens with one attached hydrogen (secondary N) is 2. The zero-order valence-electron chi connectivity index (χ0n) is 25.5. The minimum absolute atomic E-state index is 0.0495. The number of rotatable bonds is 19. The van der Waals surface area contributed by atoms with Gasteiger partial charge in [0.05, 0.1) is 59.3 Å². The number of benzene rings is 1. The fourth-order valence-corrected chi connectivity index (χ4v) is 4.31. The zero-order valence-corrected chi connectivity index (χ0v) is 25.5. The Morgan fingerprint density at radius 3 is 2.02 bits per heavy atom. The Morgan fingerprint density at radius 2 is 1.36 bits per heavy atom. The summed E-state index contributed by atoms with van der Waals surface area (Å²) in [5, 5.41) is 6.01. The highest BCUT2D eigenvalue weighted by Crippen LogP contribution is 2.17. The van der Waals surface area contributed by atoms with Crippen molar-refractivity contribution in [2.45, 2.75) is 57.5 Å². The highest BCUT2D eigenvalue weighted by atomic mass is 16.7. The second-order valence-electron chi connectivity index (χ2n) is 10.2. The van der Waals surface area contributed by atoms with E-state index < -0.39 is 23.9 Å². The van der Waals surface area contributed by atoms with Crippen LogP contribution in [0.5, 0.6) is 0 Å². The zero-order chi connectivity index (χ0) is 32.1. The third-order valence-electron chi connectivity index (χ3n) is 6.68. The number of nitrogens with zero attached hydrogens (tertiary/aromatic N) is 1. The van der Waals surface area contributed by atoms with Crippen LogP contribution in [-0.2, 0) is 42.9 Å². The third kappa shape index (κ3) is 14.7. The van der Waals surface area contributed by atoms with Crippen molar-refractivity contribution in [2.24, 2.45) is 0 Å². The van der Waals surface area contributed by atoms with Gasteiger partial charge in [0.2, 0.25) is 0 Å². The van der Waals surface area contributed by atoms with Crippen molar-refractivity contribution in [3.63, 3.8) is 0 Å². The van der Waals surface area contributed by atoms with Gasteiger partial charge < -0.3 is 33.8 Å². The van der Waals surface area contributed by atoms with Gasteiger partial charge in [-0.2, -0.15) is 0 Å². The Bertz CT molecular complexity index is 1110. The van der Waals surface area contributed by atoms with Gasteiger partial charge in [-0.3, -0.25) is 19.7 Å². The van der Waals surface area contributed by atoms with E-state index >= 15 is 0 Å². The summed E-state index contributed by atoms with van der Waals surface area (Å²) in [6, 6.07) is 6.59. The molecule has 14 nitrogen and oxygen atoms in total. The van der Waals surface area contributed by atoms with Gasteiger partial charge in [-0.25, -0.2) is 9.59 Å². The molecule has 2 N–H and O–H groups in total. The van der Waals surface area contributed by atoms with E-state index in [1.807, 2.05) is 0 Å². The molecule has 248 valence electrons. The summed E-state index contributed by atoms with van der Waals surface area (Å²) in [5.41, 5.74) is 1.02. The van der Waals surface area contributed by atoms with E-state index in [-0.39, 0.29) is 44.5 Å². The van der Waals surface area contributed by atoms with E-state index in [1.165, 1.54) is 0 Å². The number of carbonyl (C=O) groups is 5. The molecule has 0 saturated carbocycles. The summed E-state index contributed by atoms with van der Waals surface area (Å²) in [4.78, 5) is 63.8. The predicted octanol–water partition coefficient (Wildman–Crippen LogP) is 2.92. The largest absolute Gasteiger partial charge is 0.446 e. The molecule has 2 aliphatic rings. The fourth-order valence-electron chi connectivity index (χ4n) is 4.31. The molecule has 1 aromatic rings. The molecule has 1 atom stereocenters. The first-order chi connectivity index (χ1) is 21.9. The molecule has 4 amide bonds. The molecule has 3 rings (SSSR count). The maximum atomic E-state index is 12.4. The summed E-state index contributed by atoms with van der Waals surface area (Å²) in [7, 11) is 0. The lowest BCUT2D eigenvalue weighted by Crippen LogP contribution is -2.32. The summed E-state index contributed by atoms with van der Waals surface area (Å²) >= 11 is 0. The van der Waals surface area contributed by atoms with Crippen molar-refractivity contribution >= 4 is 35.5 Å². The van der Waals surface area contributed by atoms with Gasteiger partial charge in [0, 0.05) is 30.6 Å². The monoisotopic (exact) mass is 633 g/mol. The van der Waals surface area contributed by atoms with Crippen LogP contribution >= 0.6 is 0 Å². The highest BCUT2D eigenvalue weighted by Gasteiger charge is 2.32. The van der Waals surface area contributed by atoms with Gasteiger partial charge in [0.25, 0.3) is 17.7 Å². The number of carbonyl (C=O) groups excluding carboxylic acids is 5.